The van der Waals surface area contributed by atoms with Gasteiger partial charge in [-0.05, 0) is 43.2 Å². The number of nitrogens with zero attached hydrogens (tertiary/aromatic N) is 5. The molecule has 33 heavy (non-hydrogen) atoms. The van der Waals surface area contributed by atoms with E-state index in [0.717, 1.165) is 28.2 Å². The van der Waals surface area contributed by atoms with Crippen molar-refractivity contribution in [3.8, 4) is 11.4 Å². The third-order valence-electron chi connectivity index (χ3n) is 5.95. The van der Waals surface area contributed by atoms with E-state index in [1.165, 1.54) is 0 Å². The van der Waals surface area contributed by atoms with E-state index >= 15 is 0 Å². The van der Waals surface area contributed by atoms with E-state index in [4.69, 9.17) is 0 Å². The monoisotopic (exact) mass is 444 g/mol. The van der Waals surface area contributed by atoms with Crippen LogP contribution in [0.2, 0.25) is 0 Å². The molecule has 170 valence electrons. The highest BCUT2D eigenvalue weighted by Gasteiger charge is 2.35. The van der Waals surface area contributed by atoms with Gasteiger partial charge >= 0.3 is 0 Å². The Bertz CT molecular complexity index is 1180. The van der Waals surface area contributed by atoms with Gasteiger partial charge in [0.05, 0.1) is 18.2 Å². The van der Waals surface area contributed by atoms with Gasteiger partial charge in [-0.3, -0.25) is 14.6 Å². The molecule has 0 spiro atoms. The molecule has 1 aliphatic rings. The summed E-state index contributed by atoms with van der Waals surface area (Å²) in [6.07, 6.45) is 3.61. The highest BCUT2D eigenvalue weighted by atomic mass is 16.2. The van der Waals surface area contributed by atoms with E-state index in [9.17, 15) is 9.59 Å². The van der Waals surface area contributed by atoms with Crippen LogP contribution in [0.15, 0.2) is 48.8 Å². The molecule has 0 aliphatic carbocycles. The summed E-state index contributed by atoms with van der Waals surface area (Å²) in [5, 5.41) is 2.96. The Morgan fingerprint density at radius 1 is 1.18 bits per heavy atom. The maximum atomic E-state index is 12.9. The second-order valence-corrected chi connectivity index (χ2v) is 8.52. The Kier molecular flexibility index (Phi) is 6.35. The van der Waals surface area contributed by atoms with Crippen molar-refractivity contribution in [3.63, 3.8) is 0 Å². The second-order valence-electron chi connectivity index (χ2n) is 8.52. The smallest absolute Gasteiger partial charge is 0.227 e. The van der Waals surface area contributed by atoms with Crippen LogP contribution in [0.5, 0.6) is 0 Å². The van der Waals surface area contributed by atoms with E-state index in [-0.39, 0.29) is 24.8 Å². The van der Waals surface area contributed by atoms with Crippen molar-refractivity contribution in [2.24, 2.45) is 5.92 Å². The van der Waals surface area contributed by atoms with Crippen LogP contribution in [0.3, 0.4) is 0 Å². The van der Waals surface area contributed by atoms with Gasteiger partial charge in [-0.1, -0.05) is 12.1 Å². The number of anilines is 2. The van der Waals surface area contributed by atoms with Crippen molar-refractivity contribution in [2.45, 2.75) is 26.8 Å². The third-order valence-corrected chi connectivity index (χ3v) is 5.95. The van der Waals surface area contributed by atoms with Crippen LogP contribution in [0.4, 0.5) is 11.5 Å². The van der Waals surface area contributed by atoms with E-state index in [1.807, 2.05) is 69.2 Å². The number of nitrogens with one attached hydrogen (secondary N) is 1. The average molecular weight is 445 g/mol. The minimum absolute atomic E-state index is 0.0281. The molecule has 2 amide bonds. The molecule has 1 aliphatic heterocycles. The summed E-state index contributed by atoms with van der Waals surface area (Å²) < 4.78 is 0. The lowest BCUT2D eigenvalue weighted by atomic mass is 10.1. The maximum absolute atomic E-state index is 12.9. The Labute approximate surface area is 193 Å². The number of hydrogen-bond donors (Lipinski definition) is 1. The van der Waals surface area contributed by atoms with Crippen molar-refractivity contribution in [1.82, 2.24) is 20.3 Å². The van der Waals surface area contributed by atoms with Crippen molar-refractivity contribution >= 4 is 23.3 Å². The minimum Gasteiger partial charge on any atom is -0.363 e. The van der Waals surface area contributed by atoms with Crippen molar-refractivity contribution in [1.29, 1.82) is 0 Å². The molecule has 1 fully saturated rings. The summed E-state index contributed by atoms with van der Waals surface area (Å²) in [7, 11) is 3.81. The van der Waals surface area contributed by atoms with Gasteiger partial charge in [0.15, 0.2) is 5.82 Å². The van der Waals surface area contributed by atoms with Gasteiger partial charge < -0.3 is 15.1 Å². The Morgan fingerprint density at radius 3 is 2.73 bits per heavy atom. The molecule has 3 heterocycles. The summed E-state index contributed by atoms with van der Waals surface area (Å²) >= 11 is 0. The molecule has 1 N–H and O–H groups in total. The third kappa shape index (κ3) is 4.84. The highest BCUT2D eigenvalue weighted by molar-refractivity contribution is 6.00. The van der Waals surface area contributed by atoms with Gasteiger partial charge in [-0.15, -0.1) is 0 Å². The quantitative estimate of drug-likeness (QED) is 0.629. The van der Waals surface area contributed by atoms with Crippen LogP contribution in [0.25, 0.3) is 11.4 Å². The van der Waals surface area contributed by atoms with Crippen LogP contribution in [-0.2, 0) is 16.1 Å². The van der Waals surface area contributed by atoms with Crippen molar-refractivity contribution in [3.05, 3.63) is 65.6 Å². The number of carbonyl (C=O) groups excluding carboxylic acids is 2. The molecular weight excluding hydrogens is 416 g/mol. The molecule has 0 bridgehead atoms. The fourth-order valence-electron chi connectivity index (χ4n) is 3.89. The molecule has 8 nitrogen and oxygen atoms in total. The summed E-state index contributed by atoms with van der Waals surface area (Å²) in [6, 6.07) is 11.5. The lowest BCUT2D eigenvalue weighted by molar-refractivity contribution is -0.126. The van der Waals surface area contributed by atoms with Crippen LogP contribution in [0.1, 0.15) is 23.2 Å². The van der Waals surface area contributed by atoms with Crippen LogP contribution in [-0.4, -0.2) is 47.4 Å². The zero-order valence-corrected chi connectivity index (χ0v) is 19.4. The summed E-state index contributed by atoms with van der Waals surface area (Å²) in [6.45, 7) is 4.65. The minimum atomic E-state index is -0.398. The number of amides is 2. The number of aromatic nitrogens is 3. The van der Waals surface area contributed by atoms with Crippen molar-refractivity contribution in [2.75, 3.05) is 30.4 Å². The summed E-state index contributed by atoms with van der Waals surface area (Å²) in [4.78, 5) is 42.5. The Morgan fingerprint density at radius 2 is 2.00 bits per heavy atom. The van der Waals surface area contributed by atoms with Crippen LogP contribution < -0.4 is 15.1 Å². The molecule has 3 aromatic rings. The maximum Gasteiger partial charge on any atom is 0.227 e. The van der Waals surface area contributed by atoms with Gasteiger partial charge in [-0.25, -0.2) is 9.97 Å². The predicted molar refractivity (Wildman–Crippen MR) is 128 cm³/mol. The highest BCUT2D eigenvalue weighted by Crippen LogP contribution is 2.29. The fourth-order valence-corrected chi connectivity index (χ4v) is 3.89. The number of rotatable bonds is 6. The molecular formula is C25H28N6O2. The van der Waals surface area contributed by atoms with Crippen molar-refractivity contribution < 1.29 is 9.59 Å². The number of carbonyl (C=O) groups is 2. The Balaban J connectivity index is 1.47. The summed E-state index contributed by atoms with van der Waals surface area (Å²) in [5.74, 6) is 0.718. The summed E-state index contributed by atoms with van der Waals surface area (Å²) in [5.41, 5.74) is 4.56. The molecule has 1 unspecified atom stereocenters. The van der Waals surface area contributed by atoms with Crippen LogP contribution >= 0.6 is 0 Å². The molecule has 0 radical (unpaired) electrons. The van der Waals surface area contributed by atoms with Crippen LogP contribution in [0, 0.1) is 19.8 Å². The van der Waals surface area contributed by atoms with E-state index in [0.29, 0.717) is 18.1 Å². The largest absolute Gasteiger partial charge is 0.363 e. The number of aryl methyl sites for hydroxylation is 1. The first kappa shape index (κ1) is 22.4. The predicted octanol–water partition coefficient (Wildman–Crippen LogP) is 2.89. The standard InChI is InChI=1S/C25H28N6O2/c1-16-7-5-9-21(17(16)2)31-15-19(11-23(31)32)25(33)27-14-20-12-22(30(3)4)29-24(28-20)18-8-6-10-26-13-18/h5-10,12-13,19H,11,14-15H2,1-4H3,(H,27,33). The first-order chi connectivity index (χ1) is 15.8. The van der Waals surface area contributed by atoms with E-state index in [2.05, 4.69) is 20.3 Å². The average Bonchev–Trinajstić information content (AvgIpc) is 3.21. The lowest BCUT2D eigenvalue weighted by Crippen LogP contribution is -2.33. The molecule has 1 atom stereocenters. The van der Waals surface area contributed by atoms with Gasteiger partial charge in [0.2, 0.25) is 11.8 Å². The number of pyridine rings is 1. The zero-order valence-electron chi connectivity index (χ0n) is 19.4. The molecule has 2 aromatic heterocycles. The molecule has 1 saturated heterocycles. The zero-order chi connectivity index (χ0) is 23.5. The van der Waals surface area contributed by atoms with E-state index in [1.54, 1.807) is 17.3 Å². The fraction of sp³-hybridized carbons (Fsp3) is 0.320. The second kappa shape index (κ2) is 9.36. The number of benzene rings is 1. The SMILES string of the molecule is Cc1cccc(N2CC(C(=O)NCc3cc(N(C)C)nc(-c4cccnc4)n3)CC2=O)c1C. The number of hydrogen-bond acceptors (Lipinski definition) is 6. The molecule has 1 aromatic carbocycles. The topological polar surface area (TPSA) is 91.3 Å². The molecule has 0 saturated carbocycles. The first-order valence-electron chi connectivity index (χ1n) is 10.9. The molecule has 8 heteroatoms. The van der Waals surface area contributed by atoms with Gasteiger partial charge in [0.1, 0.15) is 5.82 Å². The Hall–Kier alpha value is -3.81. The van der Waals surface area contributed by atoms with Gasteiger partial charge in [-0.2, -0.15) is 0 Å². The van der Waals surface area contributed by atoms with Gasteiger partial charge in [0, 0.05) is 56.8 Å². The van der Waals surface area contributed by atoms with E-state index < -0.39 is 5.92 Å². The van der Waals surface area contributed by atoms with Gasteiger partial charge in [0.25, 0.3) is 0 Å². The normalized spacial score (nSPS) is 15.6. The molecule has 4 rings (SSSR count). The lowest BCUT2D eigenvalue weighted by Gasteiger charge is -2.20. The first-order valence-corrected chi connectivity index (χ1v) is 10.9.